The van der Waals surface area contributed by atoms with E-state index >= 15 is 0 Å². The highest BCUT2D eigenvalue weighted by Crippen LogP contribution is 2.44. The predicted octanol–water partition coefficient (Wildman–Crippen LogP) is 1.15. The second kappa shape index (κ2) is 5.99. The van der Waals surface area contributed by atoms with Crippen LogP contribution in [-0.4, -0.2) is 59.0 Å². The summed E-state index contributed by atoms with van der Waals surface area (Å²) >= 11 is 0. The Kier molecular flexibility index (Phi) is 3.95. The first-order valence-electron chi connectivity index (χ1n) is 9.13. The zero-order valence-corrected chi connectivity index (χ0v) is 14.6. The van der Waals surface area contributed by atoms with Crippen LogP contribution in [-0.2, 0) is 4.79 Å². The second-order valence-electron chi connectivity index (χ2n) is 8.02. The average molecular weight is 329 g/mol. The third kappa shape index (κ3) is 2.66. The van der Waals surface area contributed by atoms with Crippen LogP contribution in [0.1, 0.15) is 26.7 Å². The van der Waals surface area contributed by atoms with Gasteiger partial charge in [-0.3, -0.25) is 9.78 Å². The molecule has 4 heterocycles. The molecule has 1 aromatic heterocycles. The number of rotatable bonds is 3. The minimum absolute atomic E-state index is 0.00775. The van der Waals surface area contributed by atoms with Crippen LogP contribution in [0.2, 0.25) is 0 Å². The van der Waals surface area contributed by atoms with Gasteiger partial charge in [0.2, 0.25) is 5.91 Å². The lowest BCUT2D eigenvalue weighted by atomic mass is 9.75. The van der Waals surface area contributed by atoms with Gasteiger partial charge >= 0.3 is 0 Å². The van der Waals surface area contributed by atoms with Crippen molar-refractivity contribution in [3.05, 3.63) is 18.6 Å². The molecule has 6 heteroatoms. The van der Waals surface area contributed by atoms with Crippen LogP contribution < -0.4 is 10.2 Å². The minimum atomic E-state index is -0.00775. The Morgan fingerprint density at radius 2 is 2.08 bits per heavy atom. The number of anilines is 1. The Balaban J connectivity index is 1.46. The Labute approximate surface area is 143 Å². The van der Waals surface area contributed by atoms with Crippen molar-refractivity contribution in [1.29, 1.82) is 0 Å². The maximum absolute atomic E-state index is 12.5. The highest BCUT2D eigenvalue weighted by Gasteiger charge is 2.57. The number of hydrogen-bond acceptors (Lipinski definition) is 5. The van der Waals surface area contributed by atoms with Gasteiger partial charge in [-0.1, -0.05) is 13.8 Å². The van der Waals surface area contributed by atoms with Crippen LogP contribution >= 0.6 is 0 Å². The molecule has 1 aromatic rings. The van der Waals surface area contributed by atoms with Crippen molar-refractivity contribution in [1.82, 2.24) is 20.2 Å². The van der Waals surface area contributed by atoms with Crippen molar-refractivity contribution in [2.75, 3.05) is 37.6 Å². The van der Waals surface area contributed by atoms with Crippen LogP contribution in [0.3, 0.4) is 0 Å². The number of aromatic nitrogens is 2. The third-order valence-electron chi connectivity index (χ3n) is 5.97. The molecule has 6 nitrogen and oxygen atoms in total. The molecule has 1 amide bonds. The van der Waals surface area contributed by atoms with E-state index in [-0.39, 0.29) is 17.4 Å². The monoisotopic (exact) mass is 329 g/mol. The summed E-state index contributed by atoms with van der Waals surface area (Å²) in [6, 6.07) is 0. The molecular weight excluding hydrogens is 302 g/mol. The SMILES string of the molecule is CC(C)CN1CC2C(=O)NC3(CCN(c4cnccn4)CC3)C2C1. The van der Waals surface area contributed by atoms with Gasteiger partial charge in [0.1, 0.15) is 5.82 Å². The molecule has 1 spiro atoms. The number of carbonyl (C=O) groups is 1. The molecule has 130 valence electrons. The number of piperidine rings is 1. The number of nitrogens with zero attached hydrogens (tertiary/aromatic N) is 4. The van der Waals surface area contributed by atoms with Gasteiger partial charge in [-0.15, -0.1) is 0 Å². The first-order valence-corrected chi connectivity index (χ1v) is 9.13. The topological polar surface area (TPSA) is 61.4 Å². The number of fused-ring (bicyclic) bond motifs is 2. The first kappa shape index (κ1) is 15.8. The molecule has 0 radical (unpaired) electrons. The summed E-state index contributed by atoms with van der Waals surface area (Å²) in [5.41, 5.74) is -0.00775. The van der Waals surface area contributed by atoms with Crippen LogP contribution in [0.4, 0.5) is 5.82 Å². The maximum Gasteiger partial charge on any atom is 0.225 e. The zero-order chi connectivity index (χ0) is 16.7. The number of carbonyl (C=O) groups excluding carboxylic acids is 1. The van der Waals surface area contributed by atoms with E-state index < -0.39 is 0 Å². The van der Waals surface area contributed by atoms with Crippen LogP contribution in [0.25, 0.3) is 0 Å². The van der Waals surface area contributed by atoms with E-state index in [1.54, 1.807) is 12.4 Å². The van der Waals surface area contributed by atoms with Gasteiger partial charge < -0.3 is 15.1 Å². The Morgan fingerprint density at radius 3 is 2.75 bits per heavy atom. The van der Waals surface area contributed by atoms with Crippen LogP contribution in [0.15, 0.2) is 18.6 Å². The molecule has 3 saturated heterocycles. The van der Waals surface area contributed by atoms with Gasteiger partial charge in [-0.25, -0.2) is 4.98 Å². The Morgan fingerprint density at radius 1 is 1.29 bits per heavy atom. The molecule has 3 fully saturated rings. The summed E-state index contributed by atoms with van der Waals surface area (Å²) in [7, 11) is 0. The molecule has 4 rings (SSSR count). The molecule has 3 aliphatic heterocycles. The molecule has 3 aliphatic rings. The summed E-state index contributed by atoms with van der Waals surface area (Å²) in [6.45, 7) is 9.48. The van der Waals surface area contributed by atoms with Gasteiger partial charge in [0, 0.05) is 56.6 Å². The summed E-state index contributed by atoms with van der Waals surface area (Å²) in [5.74, 6) is 2.53. The molecule has 0 bridgehead atoms. The minimum Gasteiger partial charge on any atom is -0.355 e. The fraction of sp³-hybridized carbons (Fsp3) is 0.722. The number of nitrogens with one attached hydrogen (secondary N) is 1. The Hall–Kier alpha value is -1.69. The normalized spacial score (nSPS) is 29.3. The van der Waals surface area contributed by atoms with Crippen molar-refractivity contribution in [3.63, 3.8) is 0 Å². The standard InChI is InChI=1S/C18H27N5O/c1-13(2)10-22-11-14-15(12-22)18(21-17(14)24)3-7-23(8-4-18)16-9-19-5-6-20-16/h5-6,9,13-15H,3-4,7-8,10-12H2,1-2H3,(H,21,24). The fourth-order valence-electron chi connectivity index (χ4n) is 4.89. The molecule has 2 atom stereocenters. The van der Waals surface area contributed by atoms with E-state index in [2.05, 4.69) is 38.9 Å². The van der Waals surface area contributed by atoms with Crippen molar-refractivity contribution in [3.8, 4) is 0 Å². The smallest absolute Gasteiger partial charge is 0.225 e. The van der Waals surface area contributed by atoms with Gasteiger partial charge in [0.25, 0.3) is 0 Å². The van der Waals surface area contributed by atoms with Gasteiger partial charge in [0.05, 0.1) is 12.1 Å². The molecule has 0 aliphatic carbocycles. The van der Waals surface area contributed by atoms with E-state index in [9.17, 15) is 4.79 Å². The number of amides is 1. The highest BCUT2D eigenvalue weighted by molar-refractivity contribution is 5.83. The van der Waals surface area contributed by atoms with Crippen molar-refractivity contribution in [2.45, 2.75) is 32.2 Å². The highest BCUT2D eigenvalue weighted by atomic mass is 16.2. The molecule has 0 saturated carbocycles. The number of hydrogen-bond donors (Lipinski definition) is 1. The van der Waals surface area contributed by atoms with E-state index in [4.69, 9.17) is 0 Å². The summed E-state index contributed by atoms with van der Waals surface area (Å²) in [6.07, 6.45) is 7.29. The van der Waals surface area contributed by atoms with Crippen molar-refractivity contribution < 1.29 is 4.79 Å². The quantitative estimate of drug-likeness (QED) is 0.901. The molecule has 1 N–H and O–H groups in total. The Bertz CT molecular complexity index is 597. The molecule has 2 unspecified atom stereocenters. The van der Waals surface area contributed by atoms with E-state index in [1.807, 2.05) is 6.20 Å². The molecule has 24 heavy (non-hydrogen) atoms. The lowest BCUT2D eigenvalue weighted by molar-refractivity contribution is -0.123. The second-order valence-corrected chi connectivity index (χ2v) is 8.02. The lowest BCUT2D eigenvalue weighted by Crippen LogP contribution is -2.55. The average Bonchev–Trinajstić information content (AvgIpc) is 3.09. The van der Waals surface area contributed by atoms with E-state index in [0.29, 0.717) is 11.8 Å². The van der Waals surface area contributed by atoms with E-state index in [1.165, 1.54) is 0 Å². The van der Waals surface area contributed by atoms with Crippen LogP contribution in [0, 0.1) is 17.8 Å². The summed E-state index contributed by atoms with van der Waals surface area (Å²) in [5, 5.41) is 3.39. The predicted molar refractivity (Wildman–Crippen MR) is 92.6 cm³/mol. The van der Waals surface area contributed by atoms with Crippen LogP contribution in [0.5, 0.6) is 0 Å². The number of likely N-dealkylation sites (tertiary alicyclic amines) is 1. The first-order chi connectivity index (χ1) is 11.6. The lowest BCUT2D eigenvalue weighted by Gasteiger charge is -2.43. The molecular formula is C18H27N5O. The summed E-state index contributed by atoms with van der Waals surface area (Å²) in [4.78, 5) is 25.9. The zero-order valence-electron chi connectivity index (χ0n) is 14.6. The van der Waals surface area contributed by atoms with Gasteiger partial charge in [0.15, 0.2) is 0 Å². The van der Waals surface area contributed by atoms with Crippen molar-refractivity contribution >= 4 is 11.7 Å². The molecule has 0 aromatic carbocycles. The summed E-state index contributed by atoms with van der Waals surface area (Å²) < 4.78 is 0. The van der Waals surface area contributed by atoms with E-state index in [0.717, 1.165) is 51.4 Å². The van der Waals surface area contributed by atoms with Crippen molar-refractivity contribution in [2.24, 2.45) is 17.8 Å². The maximum atomic E-state index is 12.5. The van der Waals surface area contributed by atoms with Gasteiger partial charge in [-0.05, 0) is 18.8 Å². The largest absolute Gasteiger partial charge is 0.355 e. The third-order valence-corrected chi connectivity index (χ3v) is 5.97. The van der Waals surface area contributed by atoms with Gasteiger partial charge in [-0.2, -0.15) is 0 Å². The fourth-order valence-corrected chi connectivity index (χ4v) is 4.89.